The van der Waals surface area contributed by atoms with Crippen molar-refractivity contribution in [2.45, 2.75) is 13.3 Å². The second-order valence-electron chi connectivity index (χ2n) is 3.88. The van der Waals surface area contributed by atoms with Crippen molar-refractivity contribution in [3.63, 3.8) is 0 Å². The minimum atomic E-state index is 0.672. The highest BCUT2D eigenvalue weighted by molar-refractivity contribution is 9.10. The first kappa shape index (κ1) is 14.5. The number of benzene rings is 1. The van der Waals surface area contributed by atoms with Crippen molar-refractivity contribution in [2.24, 2.45) is 5.73 Å². The van der Waals surface area contributed by atoms with E-state index >= 15 is 0 Å². The molecule has 0 spiro atoms. The Morgan fingerprint density at radius 2 is 2.18 bits per heavy atom. The van der Waals surface area contributed by atoms with Gasteiger partial charge in [0.2, 0.25) is 0 Å². The normalized spacial score (nSPS) is 10.6. The molecule has 3 nitrogen and oxygen atoms in total. The van der Waals surface area contributed by atoms with Gasteiger partial charge >= 0.3 is 0 Å². The van der Waals surface area contributed by atoms with Gasteiger partial charge < -0.3 is 15.4 Å². The second-order valence-corrected chi connectivity index (χ2v) is 4.80. The Bertz CT molecular complexity index is 344. The highest BCUT2D eigenvalue weighted by atomic mass is 79.9. The molecule has 0 aliphatic rings. The summed E-state index contributed by atoms with van der Waals surface area (Å²) in [5.41, 5.74) is 8.22. The fourth-order valence-corrected chi connectivity index (χ4v) is 2.28. The third-order valence-corrected chi connectivity index (χ3v) is 3.24. The predicted molar refractivity (Wildman–Crippen MR) is 76.7 cm³/mol. The largest absolute Gasteiger partial charge is 0.383 e. The lowest BCUT2D eigenvalue weighted by Crippen LogP contribution is -2.28. The Morgan fingerprint density at radius 1 is 1.41 bits per heavy atom. The average Bonchev–Trinajstić information content (AvgIpc) is 2.32. The van der Waals surface area contributed by atoms with Crippen LogP contribution in [0.15, 0.2) is 22.7 Å². The lowest BCUT2D eigenvalue weighted by molar-refractivity contribution is 0.205. The van der Waals surface area contributed by atoms with Gasteiger partial charge in [-0.1, -0.05) is 15.9 Å². The van der Waals surface area contributed by atoms with E-state index in [2.05, 4.69) is 46.0 Å². The van der Waals surface area contributed by atoms with Crippen molar-refractivity contribution >= 4 is 21.6 Å². The molecule has 0 aliphatic heterocycles. The number of hydrogen-bond donors (Lipinski definition) is 1. The number of rotatable bonds is 7. The Morgan fingerprint density at radius 3 is 2.76 bits per heavy atom. The van der Waals surface area contributed by atoms with Crippen molar-refractivity contribution in [3.8, 4) is 0 Å². The summed E-state index contributed by atoms with van der Waals surface area (Å²) in [6, 6.07) is 6.37. The number of ether oxygens (including phenoxy) is 1. The van der Waals surface area contributed by atoms with Gasteiger partial charge in [-0.05, 0) is 43.7 Å². The zero-order chi connectivity index (χ0) is 12.7. The molecule has 0 aromatic heterocycles. The molecule has 17 heavy (non-hydrogen) atoms. The number of nitrogens with two attached hydrogens (primary N) is 1. The summed E-state index contributed by atoms with van der Waals surface area (Å²) in [5, 5.41) is 0. The van der Waals surface area contributed by atoms with Gasteiger partial charge in [0.05, 0.1) is 6.61 Å². The fourth-order valence-electron chi connectivity index (χ4n) is 1.87. The minimum absolute atomic E-state index is 0.672. The number of halogens is 1. The van der Waals surface area contributed by atoms with Crippen LogP contribution in [-0.4, -0.2) is 33.4 Å². The van der Waals surface area contributed by atoms with Crippen LogP contribution in [0, 0.1) is 0 Å². The standard InChI is InChI=1S/C13H21BrN2O/c1-3-16(8-9-17-2)13-5-4-12(14)10-11(13)6-7-15/h4-5,10H,3,6-9,15H2,1-2H3. The summed E-state index contributed by atoms with van der Waals surface area (Å²) in [6.45, 7) is 5.45. The van der Waals surface area contributed by atoms with E-state index in [4.69, 9.17) is 10.5 Å². The number of likely N-dealkylation sites (N-methyl/N-ethyl adjacent to an activating group) is 1. The van der Waals surface area contributed by atoms with Crippen molar-refractivity contribution in [3.05, 3.63) is 28.2 Å². The molecule has 2 N–H and O–H groups in total. The molecule has 0 fully saturated rings. The van der Waals surface area contributed by atoms with Gasteiger partial charge in [-0.2, -0.15) is 0 Å². The predicted octanol–water partition coefficient (Wildman–Crippen LogP) is 2.42. The lowest BCUT2D eigenvalue weighted by Gasteiger charge is -2.25. The SMILES string of the molecule is CCN(CCOC)c1ccc(Br)cc1CCN. The van der Waals surface area contributed by atoms with Crippen molar-refractivity contribution < 1.29 is 4.74 Å². The van der Waals surface area contributed by atoms with Crippen LogP contribution in [0.4, 0.5) is 5.69 Å². The van der Waals surface area contributed by atoms with E-state index < -0.39 is 0 Å². The number of hydrogen-bond acceptors (Lipinski definition) is 3. The molecular formula is C13H21BrN2O. The molecule has 0 amide bonds. The highest BCUT2D eigenvalue weighted by Crippen LogP contribution is 2.24. The topological polar surface area (TPSA) is 38.5 Å². The van der Waals surface area contributed by atoms with Crippen molar-refractivity contribution in [2.75, 3.05) is 38.3 Å². The van der Waals surface area contributed by atoms with E-state index in [0.29, 0.717) is 6.54 Å². The zero-order valence-corrected chi connectivity index (χ0v) is 12.2. The van der Waals surface area contributed by atoms with Gasteiger partial charge in [-0.3, -0.25) is 0 Å². The van der Waals surface area contributed by atoms with Crippen LogP contribution >= 0.6 is 15.9 Å². The molecular weight excluding hydrogens is 280 g/mol. The van der Waals surface area contributed by atoms with E-state index in [9.17, 15) is 0 Å². The zero-order valence-electron chi connectivity index (χ0n) is 10.6. The van der Waals surface area contributed by atoms with Crippen LogP contribution < -0.4 is 10.6 Å². The molecule has 96 valence electrons. The summed E-state index contributed by atoms with van der Waals surface area (Å²) in [7, 11) is 1.73. The van der Waals surface area contributed by atoms with Gasteiger partial charge in [0.1, 0.15) is 0 Å². The van der Waals surface area contributed by atoms with Crippen LogP contribution in [0.5, 0.6) is 0 Å². The molecule has 1 aromatic rings. The van der Waals surface area contributed by atoms with Crippen LogP contribution in [0.1, 0.15) is 12.5 Å². The second kappa shape index (κ2) is 7.69. The summed E-state index contributed by atoms with van der Waals surface area (Å²) >= 11 is 3.51. The Kier molecular flexibility index (Phi) is 6.55. The number of methoxy groups -OCH3 is 1. The van der Waals surface area contributed by atoms with E-state index in [0.717, 1.165) is 30.6 Å². The summed E-state index contributed by atoms with van der Waals surface area (Å²) < 4.78 is 6.25. The first-order valence-corrected chi connectivity index (χ1v) is 6.74. The summed E-state index contributed by atoms with van der Waals surface area (Å²) in [5.74, 6) is 0. The van der Waals surface area contributed by atoms with E-state index in [1.807, 2.05) is 0 Å². The third-order valence-electron chi connectivity index (χ3n) is 2.74. The lowest BCUT2D eigenvalue weighted by atomic mass is 10.1. The molecule has 0 saturated heterocycles. The van der Waals surface area contributed by atoms with Crippen molar-refractivity contribution in [1.29, 1.82) is 0 Å². The molecule has 1 rings (SSSR count). The van der Waals surface area contributed by atoms with Crippen LogP contribution in [0.3, 0.4) is 0 Å². The van der Waals surface area contributed by atoms with Gasteiger partial charge in [0, 0.05) is 30.4 Å². The van der Waals surface area contributed by atoms with Gasteiger partial charge in [0.25, 0.3) is 0 Å². The van der Waals surface area contributed by atoms with Crippen LogP contribution in [0.25, 0.3) is 0 Å². The molecule has 0 heterocycles. The van der Waals surface area contributed by atoms with Crippen molar-refractivity contribution in [1.82, 2.24) is 0 Å². The van der Waals surface area contributed by atoms with Crippen LogP contribution in [-0.2, 0) is 11.2 Å². The van der Waals surface area contributed by atoms with E-state index in [1.54, 1.807) is 7.11 Å². The van der Waals surface area contributed by atoms with Gasteiger partial charge in [0.15, 0.2) is 0 Å². The smallest absolute Gasteiger partial charge is 0.0637 e. The summed E-state index contributed by atoms with van der Waals surface area (Å²) in [4.78, 5) is 2.32. The molecule has 0 aliphatic carbocycles. The molecule has 0 atom stereocenters. The first-order valence-electron chi connectivity index (χ1n) is 5.95. The van der Waals surface area contributed by atoms with Gasteiger partial charge in [-0.25, -0.2) is 0 Å². The van der Waals surface area contributed by atoms with E-state index in [1.165, 1.54) is 11.3 Å². The third kappa shape index (κ3) is 4.30. The Labute approximate surface area is 112 Å². The molecule has 1 aromatic carbocycles. The molecule has 0 saturated carbocycles. The van der Waals surface area contributed by atoms with Gasteiger partial charge in [-0.15, -0.1) is 0 Å². The summed E-state index contributed by atoms with van der Waals surface area (Å²) in [6.07, 6.45) is 0.901. The minimum Gasteiger partial charge on any atom is -0.383 e. The maximum atomic E-state index is 5.66. The Hall–Kier alpha value is -0.580. The number of anilines is 1. The van der Waals surface area contributed by atoms with Crippen LogP contribution in [0.2, 0.25) is 0 Å². The Balaban J connectivity index is 2.91. The maximum Gasteiger partial charge on any atom is 0.0637 e. The monoisotopic (exact) mass is 300 g/mol. The molecule has 0 unspecified atom stereocenters. The average molecular weight is 301 g/mol. The van der Waals surface area contributed by atoms with E-state index in [-0.39, 0.29) is 0 Å². The number of nitrogens with zero attached hydrogens (tertiary/aromatic N) is 1. The quantitative estimate of drug-likeness (QED) is 0.840. The maximum absolute atomic E-state index is 5.66. The molecule has 0 radical (unpaired) electrons. The first-order chi connectivity index (χ1) is 8.22. The highest BCUT2D eigenvalue weighted by Gasteiger charge is 2.09. The molecule has 4 heteroatoms. The fraction of sp³-hybridized carbons (Fsp3) is 0.538. The molecule has 0 bridgehead atoms.